The van der Waals surface area contributed by atoms with E-state index in [2.05, 4.69) is 43.3 Å². The number of nitrogens with zero attached hydrogens (tertiary/aromatic N) is 5. The van der Waals surface area contributed by atoms with E-state index in [4.69, 9.17) is 27.3 Å². The summed E-state index contributed by atoms with van der Waals surface area (Å²) in [6, 6.07) is 10.6. The van der Waals surface area contributed by atoms with Gasteiger partial charge in [-0.2, -0.15) is 0 Å². The van der Waals surface area contributed by atoms with Crippen LogP contribution in [-0.4, -0.2) is 41.4 Å². The van der Waals surface area contributed by atoms with Crippen LogP contribution in [0, 0.1) is 12.3 Å². The number of nitrogens with one attached hydrogen (secondary N) is 1. The first-order chi connectivity index (χ1) is 19.1. The van der Waals surface area contributed by atoms with E-state index in [1.807, 2.05) is 46.2 Å². The lowest BCUT2D eigenvalue weighted by atomic mass is 9.73. The summed E-state index contributed by atoms with van der Waals surface area (Å²) in [5.41, 5.74) is 10.3. The van der Waals surface area contributed by atoms with Crippen molar-refractivity contribution >= 4 is 51.8 Å². The van der Waals surface area contributed by atoms with Crippen LogP contribution in [0.1, 0.15) is 56.5 Å². The van der Waals surface area contributed by atoms with E-state index in [0.29, 0.717) is 10.8 Å². The molecular formula is C29H34ClN7OS2. The first-order valence-electron chi connectivity index (χ1n) is 13.5. The fraction of sp³-hybridized carbons (Fsp3) is 0.414. The summed E-state index contributed by atoms with van der Waals surface area (Å²) in [7, 11) is -1.16. The molecule has 0 unspecified atom stereocenters. The van der Waals surface area contributed by atoms with E-state index in [9.17, 15) is 4.21 Å². The van der Waals surface area contributed by atoms with Gasteiger partial charge >= 0.3 is 0 Å². The first-order valence-corrected chi connectivity index (χ1v) is 15.8. The number of aryl methyl sites for hydroxylation is 1. The van der Waals surface area contributed by atoms with E-state index in [1.165, 1.54) is 22.9 Å². The maximum Gasteiger partial charge on any atom is 0.211 e. The summed E-state index contributed by atoms with van der Waals surface area (Å²) in [5.74, 6) is 1.20. The highest BCUT2D eigenvalue weighted by Crippen LogP contribution is 2.52. The second kappa shape index (κ2) is 10.3. The number of piperidine rings is 1. The normalized spacial score (nSPS) is 19.3. The number of nitrogens with two attached hydrogens (primary N) is 1. The number of aromatic nitrogens is 4. The van der Waals surface area contributed by atoms with Crippen LogP contribution in [0.3, 0.4) is 0 Å². The van der Waals surface area contributed by atoms with Crippen molar-refractivity contribution in [2.45, 2.75) is 67.5 Å². The van der Waals surface area contributed by atoms with Gasteiger partial charge in [-0.05, 0) is 69.6 Å². The van der Waals surface area contributed by atoms with E-state index >= 15 is 0 Å². The van der Waals surface area contributed by atoms with Crippen LogP contribution in [-0.2, 0) is 17.4 Å². The lowest BCUT2D eigenvalue weighted by Crippen LogP contribution is -2.48. The van der Waals surface area contributed by atoms with Crippen molar-refractivity contribution in [3.63, 3.8) is 0 Å². The highest BCUT2D eigenvalue weighted by atomic mass is 35.5. The Labute approximate surface area is 246 Å². The number of hydrogen-bond donors (Lipinski definition) is 2. The maximum absolute atomic E-state index is 13.2. The largest absolute Gasteiger partial charge is 0.382 e. The smallest absolute Gasteiger partial charge is 0.211 e. The molecule has 2 aliphatic rings. The molecule has 0 bridgehead atoms. The van der Waals surface area contributed by atoms with Gasteiger partial charge in [-0.3, -0.25) is 4.40 Å². The minimum absolute atomic E-state index is 0.0119. The molecule has 11 heteroatoms. The van der Waals surface area contributed by atoms with E-state index in [0.717, 1.165) is 59.4 Å². The number of anilines is 2. The molecule has 40 heavy (non-hydrogen) atoms. The Morgan fingerprint density at radius 1 is 1.15 bits per heavy atom. The van der Waals surface area contributed by atoms with Crippen molar-refractivity contribution in [2.75, 3.05) is 23.7 Å². The Morgan fingerprint density at radius 3 is 2.65 bits per heavy atom. The Balaban J connectivity index is 1.28. The van der Waals surface area contributed by atoms with Gasteiger partial charge in [0.1, 0.15) is 5.82 Å². The number of pyridine rings is 1. The predicted molar refractivity (Wildman–Crippen MR) is 163 cm³/mol. The molecule has 1 saturated heterocycles. The second-order valence-electron chi connectivity index (χ2n) is 11.7. The number of nitrogen functional groups attached to an aromatic ring is 1. The summed E-state index contributed by atoms with van der Waals surface area (Å²) >= 11 is 7.95. The molecule has 8 nitrogen and oxygen atoms in total. The number of fused-ring (bicyclic) bond motifs is 2. The van der Waals surface area contributed by atoms with Gasteiger partial charge in [0.15, 0.2) is 5.65 Å². The first kappa shape index (κ1) is 27.5. The third-order valence-electron chi connectivity index (χ3n) is 8.09. The molecule has 6 rings (SSSR count). The Bertz CT molecular complexity index is 1610. The molecule has 1 fully saturated rings. The van der Waals surface area contributed by atoms with E-state index < -0.39 is 11.0 Å². The molecule has 0 amide bonds. The zero-order chi connectivity index (χ0) is 28.2. The predicted octanol–water partition coefficient (Wildman–Crippen LogP) is 5.76. The summed E-state index contributed by atoms with van der Waals surface area (Å²) < 4.78 is 18.5. The fourth-order valence-corrected chi connectivity index (χ4v) is 8.05. The van der Waals surface area contributed by atoms with Crippen LogP contribution >= 0.6 is 23.4 Å². The van der Waals surface area contributed by atoms with Crippen LogP contribution in [0.5, 0.6) is 0 Å². The summed E-state index contributed by atoms with van der Waals surface area (Å²) in [6.07, 6.45) is 8.38. The zero-order valence-electron chi connectivity index (χ0n) is 23.1. The second-order valence-corrected chi connectivity index (χ2v) is 15.1. The third-order valence-corrected chi connectivity index (χ3v) is 11.4. The number of hydrogen-bond acceptors (Lipinski definition) is 7. The molecule has 3 N–H and O–H groups in total. The molecule has 4 heterocycles. The molecule has 4 aromatic rings. The highest BCUT2D eigenvalue weighted by molar-refractivity contribution is 7.99. The topological polar surface area (TPSA) is 101 Å². The van der Waals surface area contributed by atoms with Crippen LogP contribution in [0.25, 0.3) is 5.65 Å². The van der Waals surface area contributed by atoms with Gasteiger partial charge in [0.25, 0.3) is 0 Å². The van der Waals surface area contributed by atoms with Crippen molar-refractivity contribution < 1.29 is 4.21 Å². The minimum atomic E-state index is -1.16. The van der Waals surface area contributed by atoms with Crippen molar-refractivity contribution in [2.24, 2.45) is 5.41 Å². The molecular weight excluding hydrogens is 562 g/mol. The van der Waals surface area contributed by atoms with Gasteiger partial charge in [-0.1, -0.05) is 47.6 Å². The van der Waals surface area contributed by atoms with Crippen molar-refractivity contribution in [1.82, 2.24) is 24.1 Å². The third kappa shape index (κ3) is 4.78. The quantitative estimate of drug-likeness (QED) is 0.303. The Hall–Kier alpha value is -2.66. The van der Waals surface area contributed by atoms with Crippen LogP contribution in [0.15, 0.2) is 58.7 Å². The molecule has 1 aliphatic carbocycles. The van der Waals surface area contributed by atoms with Gasteiger partial charge in [0, 0.05) is 36.6 Å². The summed E-state index contributed by atoms with van der Waals surface area (Å²) in [5, 5.41) is 0.440. The van der Waals surface area contributed by atoms with Crippen LogP contribution in [0.4, 0.5) is 11.8 Å². The minimum Gasteiger partial charge on any atom is -0.382 e. The summed E-state index contributed by atoms with van der Waals surface area (Å²) in [4.78, 5) is 18.0. The SMILES string of the molecule is Cc1nc(N2CCC3(CC2)Cc2ccccc2[C@H]3N[S@](=O)C(C)(C)C)n2ccnc2c1Sc1ccnc(N)c1Cl. The van der Waals surface area contributed by atoms with Gasteiger partial charge in [0.05, 0.1) is 37.4 Å². The molecule has 1 spiro atoms. The lowest BCUT2D eigenvalue weighted by Gasteiger charge is -2.44. The Kier molecular flexibility index (Phi) is 7.09. The molecule has 1 aromatic carbocycles. The maximum atomic E-state index is 13.2. The molecule has 3 aromatic heterocycles. The van der Waals surface area contributed by atoms with E-state index in [1.54, 1.807) is 6.20 Å². The van der Waals surface area contributed by atoms with Crippen molar-refractivity contribution in [3.05, 3.63) is 70.8 Å². The number of rotatable bonds is 5. The molecule has 0 radical (unpaired) electrons. The van der Waals surface area contributed by atoms with Crippen molar-refractivity contribution in [1.29, 1.82) is 0 Å². The molecule has 210 valence electrons. The lowest BCUT2D eigenvalue weighted by molar-refractivity contribution is 0.177. The Morgan fingerprint density at radius 2 is 1.90 bits per heavy atom. The van der Waals surface area contributed by atoms with E-state index in [-0.39, 0.29) is 16.2 Å². The number of benzene rings is 1. The average molecular weight is 596 g/mol. The molecule has 2 atom stereocenters. The standard InChI is InChI=1S/C29H34ClN7OS2/c1-18-23(39-21-9-12-32-25(31)22(21)30)26-33-13-16-37(26)27(34-18)36-14-10-29(11-15-36)17-19-7-5-6-8-20(19)24(29)35-40(38)28(2,3)4/h5-9,12-13,16,24,35H,10-11,14-15,17H2,1-4H3,(H2,31,32)/t24-,40-/m1/s1. The van der Waals surface area contributed by atoms with Gasteiger partial charge in [0.2, 0.25) is 5.95 Å². The molecule has 0 saturated carbocycles. The van der Waals surface area contributed by atoms with Gasteiger partial charge in [-0.25, -0.2) is 23.9 Å². The monoisotopic (exact) mass is 595 g/mol. The van der Waals surface area contributed by atoms with Crippen molar-refractivity contribution in [3.8, 4) is 0 Å². The van der Waals surface area contributed by atoms with Gasteiger partial charge < -0.3 is 10.6 Å². The fourth-order valence-electron chi connectivity index (χ4n) is 5.90. The van der Waals surface area contributed by atoms with Gasteiger partial charge in [-0.15, -0.1) is 0 Å². The zero-order valence-corrected chi connectivity index (χ0v) is 25.5. The average Bonchev–Trinajstić information content (AvgIpc) is 3.52. The summed E-state index contributed by atoms with van der Waals surface area (Å²) in [6.45, 7) is 9.79. The van der Waals surface area contributed by atoms with Crippen LogP contribution in [0.2, 0.25) is 5.02 Å². The number of imidazole rings is 1. The van der Waals surface area contributed by atoms with Crippen LogP contribution < -0.4 is 15.4 Å². The molecule has 1 aliphatic heterocycles. The number of halogens is 1. The highest BCUT2D eigenvalue weighted by Gasteiger charge is 2.49.